The monoisotopic (exact) mass is 234 g/mol. The molecule has 0 heterocycles. The molecular formula is C14H22N2O. The Morgan fingerprint density at radius 1 is 1.18 bits per heavy atom. The Morgan fingerprint density at radius 3 is 2.47 bits per heavy atom. The van der Waals surface area contributed by atoms with Crippen LogP contribution in [-0.2, 0) is 11.3 Å². The molecule has 0 bridgehead atoms. The Hall–Kier alpha value is -1.35. The molecule has 0 saturated carbocycles. The Morgan fingerprint density at radius 2 is 1.88 bits per heavy atom. The van der Waals surface area contributed by atoms with Crippen LogP contribution < -0.4 is 5.73 Å². The summed E-state index contributed by atoms with van der Waals surface area (Å²) in [6.07, 6.45) is 4.93. The van der Waals surface area contributed by atoms with Gasteiger partial charge in [0.1, 0.15) is 5.84 Å². The van der Waals surface area contributed by atoms with Crippen LogP contribution in [0.3, 0.4) is 0 Å². The third-order valence-corrected chi connectivity index (χ3v) is 2.68. The van der Waals surface area contributed by atoms with Crippen LogP contribution >= 0.6 is 0 Å². The molecule has 0 aliphatic heterocycles. The van der Waals surface area contributed by atoms with Crippen molar-refractivity contribution in [1.29, 1.82) is 5.41 Å². The van der Waals surface area contributed by atoms with Gasteiger partial charge in [-0.3, -0.25) is 5.41 Å². The number of nitrogens with two attached hydrogens (primary N) is 1. The average molecular weight is 234 g/mol. The Balaban J connectivity index is 2.21. The van der Waals surface area contributed by atoms with Crippen LogP contribution in [0.4, 0.5) is 0 Å². The van der Waals surface area contributed by atoms with Crippen LogP contribution in [0.25, 0.3) is 0 Å². The first kappa shape index (κ1) is 13.7. The molecule has 0 spiro atoms. The predicted molar refractivity (Wildman–Crippen MR) is 71.3 cm³/mol. The molecular weight excluding hydrogens is 212 g/mol. The highest BCUT2D eigenvalue weighted by atomic mass is 16.5. The maximum absolute atomic E-state index is 7.28. The molecule has 0 aliphatic rings. The van der Waals surface area contributed by atoms with Gasteiger partial charge in [0, 0.05) is 12.2 Å². The van der Waals surface area contributed by atoms with Gasteiger partial charge >= 0.3 is 0 Å². The molecule has 94 valence electrons. The normalized spacial score (nSPS) is 10.4. The molecule has 1 aromatic carbocycles. The van der Waals surface area contributed by atoms with Crippen LogP contribution in [0.2, 0.25) is 0 Å². The second kappa shape index (κ2) is 7.85. The van der Waals surface area contributed by atoms with Gasteiger partial charge in [-0.25, -0.2) is 0 Å². The number of ether oxygens (including phenoxy) is 1. The average Bonchev–Trinajstić information content (AvgIpc) is 2.34. The molecule has 0 amide bonds. The van der Waals surface area contributed by atoms with E-state index in [2.05, 4.69) is 6.92 Å². The molecule has 1 rings (SSSR count). The lowest BCUT2D eigenvalue weighted by atomic mass is 10.1. The van der Waals surface area contributed by atoms with Gasteiger partial charge < -0.3 is 10.5 Å². The van der Waals surface area contributed by atoms with Gasteiger partial charge in [-0.05, 0) is 12.0 Å². The lowest BCUT2D eigenvalue weighted by Gasteiger charge is -2.05. The lowest BCUT2D eigenvalue weighted by molar-refractivity contribution is 0.117. The third-order valence-electron chi connectivity index (χ3n) is 2.68. The van der Waals surface area contributed by atoms with Crippen molar-refractivity contribution in [1.82, 2.24) is 0 Å². The van der Waals surface area contributed by atoms with E-state index in [9.17, 15) is 0 Å². The third kappa shape index (κ3) is 5.50. The molecule has 3 N–H and O–H groups in total. The number of hydrogen-bond acceptors (Lipinski definition) is 2. The van der Waals surface area contributed by atoms with E-state index in [0.717, 1.165) is 24.2 Å². The molecule has 0 aliphatic carbocycles. The largest absolute Gasteiger partial charge is 0.384 e. The molecule has 1 aromatic rings. The summed E-state index contributed by atoms with van der Waals surface area (Å²) in [5.41, 5.74) is 7.27. The fraction of sp³-hybridized carbons (Fsp3) is 0.500. The van der Waals surface area contributed by atoms with E-state index in [1.54, 1.807) is 0 Å². The van der Waals surface area contributed by atoms with E-state index >= 15 is 0 Å². The second-order valence-corrected chi connectivity index (χ2v) is 4.22. The van der Waals surface area contributed by atoms with E-state index in [-0.39, 0.29) is 5.84 Å². The number of rotatable bonds is 8. The van der Waals surface area contributed by atoms with E-state index in [0.29, 0.717) is 6.61 Å². The number of hydrogen-bond donors (Lipinski definition) is 2. The van der Waals surface area contributed by atoms with Crippen molar-refractivity contribution in [3.63, 3.8) is 0 Å². The van der Waals surface area contributed by atoms with E-state index < -0.39 is 0 Å². The van der Waals surface area contributed by atoms with E-state index in [4.69, 9.17) is 15.9 Å². The maximum atomic E-state index is 7.28. The molecule has 0 aromatic heterocycles. The summed E-state index contributed by atoms with van der Waals surface area (Å²) >= 11 is 0. The topological polar surface area (TPSA) is 59.1 Å². The summed E-state index contributed by atoms with van der Waals surface area (Å²) in [5, 5.41) is 7.28. The smallest absolute Gasteiger partial charge is 0.122 e. The van der Waals surface area contributed by atoms with Crippen LogP contribution in [-0.4, -0.2) is 12.4 Å². The minimum Gasteiger partial charge on any atom is -0.384 e. The highest BCUT2D eigenvalue weighted by Gasteiger charge is 1.97. The summed E-state index contributed by atoms with van der Waals surface area (Å²) < 4.78 is 5.58. The fourth-order valence-corrected chi connectivity index (χ4v) is 1.60. The van der Waals surface area contributed by atoms with Gasteiger partial charge in [-0.2, -0.15) is 0 Å². The number of amidine groups is 1. The minimum absolute atomic E-state index is 0.108. The molecule has 17 heavy (non-hydrogen) atoms. The Kier molecular flexibility index (Phi) is 6.33. The van der Waals surface area contributed by atoms with Crippen molar-refractivity contribution in [3.05, 3.63) is 35.4 Å². The van der Waals surface area contributed by atoms with Gasteiger partial charge in [0.15, 0.2) is 0 Å². The highest BCUT2D eigenvalue weighted by molar-refractivity contribution is 5.94. The minimum atomic E-state index is 0.108. The zero-order valence-electron chi connectivity index (χ0n) is 10.5. The highest BCUT2D eigenvalue weighted by Crippen LogP contribution is 2.06. The summed E-state index contributed by atoms with van der Waals surface area (Å²) in [6, 6.07) is 7.64. The first-order valence-corrected chi connectivity index (χ1v) is 6.25. The quantitative estimate of drug-likeness (QED) is 0.412. The van der Waals surface area contributed by atoms with Crippen molar-refractivity contribution in [3.8, 4) is 0 Å². The van der Waals surface area contributed by atoms with Crippen molar-refractivity contribution < 1.29 is 4.74 Å². The molecule has 0 saturated heterocycles. The fourth-order valence-electron chi connectivity index (χ4n) is 1.60. The summed E-state index contributed by atoms with van der Waals surface area (Å²) in [4.78, 5) is 0. The Bertz CT molecular complexity index is 333. The van der Waals surface area contributed by atoms with Crippen LogP contribution in [0.1, 0.15) is 43.7 Å². The molecule has 0 unspecified atom stereocenters. The first-order valence-electron chi connectivity index (χ1n) is 6.25. The number of benzene rings is 1. The SMILES string of the molecule is CCCCCCOCc1ccc(C(=N)N)cc1. The van der Waals surface area contributed by atoms with E-state index in [1.807, 2.05) is 24.3 Å². The van der Waals surface area contributed by atoms with Gasteiger partial charge in [-0.15, -0.1) is 0 Å². The zero-order valence-corrected chi connectivity index (χ0v) is 10.5. The van der Waals surface area contributed by atoms with Crippen LogP contribution in [0.5, 0.6) is 0 Å². The second-order valence-electron chi connectivity index (χ2n) is 4.22. The number of nitrogens with one attached hydrogen (secondary N) is 1. The van der Waals surface area contributed by atoms with Gasteiger partial charge in [0.05, 0.1) is 6.61 Å². The molecule has 0 radical (unpaired) electrons. The zero-order chi connectivity index (χ0) is 12.5. The molecule has 3 heteroatoms. The number of nitrogen functional groups attached to an aromatic ring is 1. The van der Waals surface area contributed by atoms with Gasteiger partial charge in [-0.1, -0.05) is 50.5 Å². The summed E-state index contributed by atoms with van der Waals surface area (Å²) in [6.45, 7) is 3.68. The van der Waals surface area contributed by atoms with Crippen molar-refractivity contribution in [2.45, 2.75) is 39.2 Å². The standard InChI is InChI=1S/C14H22N2O/c1-2-3-4-5-10-17-11-12-6-8-13(9-7-12)14(15)16/h6-9H,2-5,10-11H2,1H3,(H3,15,16). The molecule has 0 atom stereocenters. The lowest BCUT2D eigenvalue weighted by Crippen LogP contribution is -2.10. The van der Waals surface area contributed by atoms with Crippen LogP contribution in [0, 0.1) is 5.41 Å². The van der Waals surface area contributed by atoms with Gasteiger partial charge in [0.2, 0.25) is 0 Å². The van der Waals surface area contributed by atoms with Crippen molar-refractivity contribution >= 4 is 5.84 Å². The van der Waals surface area contributed by atoms with Crippen molar-refractivity contribution in [2.75, 3.05) is 6.61 Å². The summed E-state index contributed by atoms with van der Waals surface area (Å²) in [5.74, 6) is 0.108. The van der Waals surface area contributed by atoms with Crippen LogP contribution in [0.15, 0.2) is 24.3 Å². The molecule has 3 nitrogen and oxygen atoms in total. The first-order chi connectivity index (χ1) is 8.24. The van der Waals surface area contributed by atoms with E-state index in [1.165, 1.54) is 19.3 Å². The molecule has 0 fully saturated rings. The Labute approximate surface area is 103 Å². The maximum Gasteiger partial charge on any atom is 0.122 e. The predicted octanol–water partition coefficient (Wildman–Crippen LogP) is 3.07. The number of unbranched alkanes of at least 4 members (excludes halogenated alkanes) is 3. The van der Waals surface area contributed by atoms with Crippen molar-refractivity contribution in [2.24, 2.45) is 5.73 Å². The van der Waals surface area contributed by atoms with Gasteiger partial charge in [0.25, 0.3) is 0 Å². The summed E-state index contributed by atoms with van der Waals surface area (Å²) in [7, 11) is 0.